The highest BCUT2D eigenvalue weighted by atomic mass is 16.6. The number of hydrogen-bond acceptors (Lipinski definition) is 5. The Kier molecular flexibility index (Phi) is 14.1. The van der Waals surface area contributed by atoms with Crippen LogP contribution >= 0.6 is 0 Å². The van der Waals surface area contributed by atoms with E-state index in [0.717, 1.165) is 0 Å². The summed E-state index contributed by atoms with van der Waals surface area (Å²) in [5.41, 5.74) is 0. The monoisotopic (exact) mass is 358 g/mol. The summed E-state index contributed by atoms with van der Waals surface area (Å²) in [4.78, 5) is 22.8. The third-order valence-corrected chi connectivity index (χ3v) is 3.12. The van der Waals surface area contributed by atoms with Gasteiger partial charge in [0.05, 0.1) is 19.1 Å². The lowest BCUT2D eigenvalue weighted by Gasteiger charge is -2.16. The number of carbonyl (C=O) groups excluding carboxylic acids is 2. The predicted octanol–water partition coefficient (Wildman–Crippen LogP) is 2.57. The van der Waals surface area contributed by atoms with Crippen molar-refractivity contribution in [2.45, 2.75) is 39.7 Å². The smallest absolute Gasteiger partial charge is 0.309 e. The second kappa shape index (κ2) is 15.7. The molecule has 0 unspecified atom stereocenters. The van der Waals surface area contributed by atoms with Crippen LogP contribution in [0.5, 0.6) is 0 Å². The van der Waals surface area contributed by atoms with Gasteiger partial charge in [-0.15, -0.1) is 0 Å². The van der Waals surface area contributed by atoms with Crippen LogP contribution < -0.4 is 0 Å². The molecule has 0 aliphatic carbocycles. The zero-order valence-corrected chi connectivity index (χ0v) is 15.5. The molecule has 140 valence electrons. The highest BCUT2D eigenvalue weighted by Crippen LogP contribution is 2.09. The number of hydrogen-bond donors (Lipinski definition) is 1. The molecule has 5 nitrogen and oxygen atoms in total. The zero-order chi connectivity index (χ0) is 19.6. The molecule has 1 N–H and O–H groups in total. The first-order valence-corrected chi connectivity index (χ1v) is 8.45. The molecule has 0 spiro atoms. The lowest BCUT2D eigenvalue weighted by molar-refractivity contribution is -0.152. The number of aliphatic hydroxyl groups excluding tert-OH is 1. The molecular formula is C21H26O5. The number of allylic oxidation sites excluding steroid dienone is 4. The van der Waals surface area contributed by atoms with Crippen molar-refractivity contribution in [1.29, 1.82) is 0 Å². The average molecular weight is 358 g/mol. The maximum absolute atomic E-state index is 11.9. The predicted molar refractivity (Wildman–Crippen MR) is 101 cm³/mol. The molecule has 2 atom stereocenters. The first kappa shape index (κ1) is 23.2. The lowest BCUT2D eigenvalue weighted by Crippen LogP contribution is -2.22. The Morgan fingerprint density at radius 1 is 1.15 bits per heavy atom. The van der Waals surface area contributed by atoms with Gasteiger partial charge in [0.25, 0.3) is 0 Å². The average Bonchev–Trinajstić information content (AvgIpc) is 2.61. The van der Waals surface area contributed by atoms with Crippen LogP contribution in [-0.4, -0.2) is 36.4 Å². The minimum atomic E-state index is -0.475. The van der Waals surface area contributed by atoms with E-state index in [1.807, 2.05) is 6.92 Å². The molecule has 0 heterocycles. The van der Waals surface area contributed by atoms with Gasteiger partial charge in [0.2, 0.25) is 0 Å². The molecule has 0 amide bonds. The Hall–Kier alpha value is -2.76. The summed E-state index contributed by atoms with van der Waals surface area (Å²) >= 11 is 0. The maximum Gasteiger partial charge on any atom is 0.309 e. The van der Waals surface area contributed by atoms with Gasteiger partial charge in [-0.1, -0.05) is 43.9 Å². The van der Waals surface area contributed by atoms with Crippen molar-refractivity contribution in [3.05, 3.63) is 36.5 Å². The van der Waals surface area contributed by atoms with E-state index in [1.54, 1.807) is 31.2 Å². The Balaban J connectivity index is 4.64. The minimum Gasteiger partial charge on any atom is -0.466 e. The van der Waals surface area contributed by atoms with E-state index < -0.39 is 6.10 Å². The van der Waals surface area contributed by atoms with Crippen LogP contribution in [0.4, 0.5) is 0 Å². The Morgan fingerprint density at radius 2 is 1.85 bits per heavy atom. The van der Waals surface area contributed by atoms with Crippen molar-refractivity contribution < 1.29 is 24.2 Å². The van der Waals surface area contributed by atoms with Crippen LogP contribution in [-0.2, 0) is 19.1 Å². The van der Waals surface area contributed by atoms with Gasteiger partial charge >= 0.3 is 11.9 Å². The first-order chi connectivity index (χ1) is 12.5. The van der Waals surface area contributed by atoms with Crippen LogP contribution in [0.25, 0.3) is 0 Å². The summed E-state index contributed by atoms with van der Waals surface area (Å²) in [5, 5.41) is 8.53. The van der Waals surface area contributed by atoms with E-state index in [2.05, 4.69) is 23.7 Å². The largest absolute Gasteiger partial charge is 0.466 e. The molecule has 0 rings (SSSR count). The van der Waals surface area contributed by atoms with Crippen LogP contribution in [0.1, 0.15) is 33.6 Å². The summed E-state index contributed by atoms with van der Waals surface area (Å²) in [6.07, 6.45) is 10.4. The second-order valence-electron chi connectivity index (χ2n) is 5.28. The van der Waals surface area contributed by atoms with Crippen LogP contribution in [0.3, 0.4) is 0 Å². The standard InChI is InChI=1S/C21H26O5/c1-4-18(2)21(24)26-20(15-17-25-19(3)23)14-12-10-8-6-5-7-9-11-13-16-22/h8,10-14,18,20,22H,4,15-17H2,1-3H3/t18-,20+/m1/s1. The Bertz CT molecular complexity index is 635. The third-order valence-electron chi connectivity index (χ3n) is 3.12. The van der Waals surface area contributed by atoms with E-state index in [4.69, 9.17) is 14.6 Å². The number of rotatable bonds is 9. The van der Waals surface area contributed by atoms with Crippen molar-refractivity contribution in [3.8, 4) is 23.7 Å². The van der Waals surface area contributed by atoms with E-state index in [1.165, 1.54) is 19.1 Å². The Morgan fingerprint density at radius 3 is 2.46 bits per heavy atom. The molecule has 5 heteroatoms. The highest BCUT2D eigenvalue weighted by molar-refractivity contribution is 5.72. The van der Waals surface area contributed by atoms with Crippen molar-refractivity contribution >= 4 is 11.9 Å². The zero-order valence-electron chi connectivity index (χ0n) is 15.5. The van der Waals surface area contributed by atoms with Gasteiger partial charge in [-0.05, 0) is 36.5 Å². The van der Waals surface area contributed by atoms with Gasteiger partial charge in [-0.2, -0.15) is 0 Å². The first-order valence-electron chi connectivity index (χ1n) is 8.45. The highest BCUT2D eigenvalue weighted by Gasteiger charge is 2.17. The summed E-state index contributed by atoms with van der Waals surface area (Å²) < 4.78 is 10.3. The van der Waals surface area contributed by atoms with E-state index in [0.29, 0.717) is 12.8 Å². The molecule has 0 aromatic carbocycles. The van der Waals surface area contributed by atoms with Gasteiger partial charge in [-0.25, -0.2) is 0 Å². The van der Waals surface area contributed by atoms with Gasteiger partial charge in [0.1, 0.15) is 6.10 Å². The molecule has 0 radical (unpaired) electrons. The Labute approximate surface area is 155 Å². The normalized spacial score (nSPS) is 12.9. The van der Waals surface area contributed by atoms with E-state index >= 15 is 0 Å². The van der Waals surface area contributed by atoms with Gasteiger partial charge < -0.3 is 14.6 Å². The molecule has 0 aromatic rings. The van der Waals surface area contributed by atoms with Crippen molar-refractivity contribution in [2.24, 2.45) is 5.92 Å². The van der Waals surface area contributed by atoms with Crippen molar-refractivity contribution in [3.63, 3.8) is 0 Å². The van der Waals surface area contributed by atoms with E-state index in [-0.39, 0.29) is 31.1 Å². The van der Waals surface area contributed by atoms with Crippen LogP contribution in [0.2, 0.25) is 0 Å². The van der Waals surface area contributed by atoms with Crippen molar-refractivity contribution in [2.75, 3.05) is 13.2 Å². The molecule has 0 aromatic heterocycles. The van der Waals surface area contributed by atoms with Crippen molar-refractivity contribution in [1.82, 2.24) is 0 Å². The van der Waals surface area contributed by atoms with E-state index in [9.17, 15) is 9.59 Å². The minimum absolute atomic E-state index is 0.0486. The maximum atomic E-state index is 11.9. The summed E-state index contributed by atoms with van der Waals surface area (Å²) in [7, 11) is 0. The van der Waals surface area contributed by atoms with Gasteiger partial charge in [-0.3, -0.25) is 9.59 Å². The number of esters is 2. The molecule has 0 saturated carbocycles. The third kappa shape index (κ3) is 13.7. The summed E-state index contributed by atoms with van der Waals surface area (Å²) in [6, 6.07) is 0. The summed E-state index contributed by atoms with van der Waals surface area (Å²) in [5.74, 6) is 9.78. The van der Waals surface area contributed by atoms with Crippen LogP contribution in [0.15, 0.2) is 36.5 Å². The molecule has 26 heavy (non-hydrogen) atoms. The molecule has 0 bridgehead atoms. The SMILES string of the molecule is CC[C@@H](C)C(=O)O[C@@H](C=CC=CC#CC#CC=CCO)CCOC(C)=O. The molecule has 0 aliphatic heterocycles. The summed E-state index contributed by atoms with van der Waals surface area (Å²) in [6.45, 7) is 5.19. The quantitative estimate of drug-likeness (QED) is 0.390. The molecular weight excluding hydrogens is 332 g/mol. The van der Waals surface area contributed by atoms with Gasteiger partial charge in [0.15, 0.2) is 0 Å². The van der Waals surface area contributed by atoms with Crippen LogP contribution in [0, 0.1) is 29.6 Å². The molecule has 0 fully saturated rings. The topological polar surface area (TPSA) is 72.8 Å². The fraction of sp³-hybridized carbons (Fsp3) is 0.429. The lowest BCUT2D eigenvalue weighted by atomic mass is 10.1. The molecule has 0 saturated heterocycles. The fourth-order valence-electron chi connectivity index (χ4n) is 1.50. The van der Waals surface area contributed by atoms with Gasteiger partial charge in [0, 0.05) is 13.3 Å². The second-order valence-corrected chi connectivity index (χ2v) is 5.28. The fourth-order valence-corrected chi connectivity index (χ4v) is 1.50. The molecule has 0 aliphatic rings. The number of ether oxygens (including phenoxy) is 2. The number of carbonyl (C=O) groups is 2. The number of aliphatic hydroxyl groups is 1.